The first kappa shape index (κ1) is 14.1. The monoisotopic (exact) mass is 271 g/mol. The van der Waals surface area contributed by atoms with Crippen LogP contribution in [0.5, 0.6) is 0 Å². The van der Waals surface area contributed by atoms with Gasteiger partial charge < -0.3 is 5.32 Å². The van der Waals surface area contributed by atoms with Gasteiger partial charge in [-0.3, -0.25) is 15.1 Å². The van der Waals surface area contributed by atoms with Gasteiger partial charge >= 0.3 is 0 Å². The molecule has 1 unspecified atom stereocenters. The minimum absolute atomic E-state index is 0.0643. The highest BCUT2D eigenvalue weighted by atomic mass is 16.6. The Balaban J connectivity index is 2.20. The summed E-state index contributed by atoms with van der Waals surface area (Å²) in [7, 11) is 1.90. The summed E-state index contributed by atoms with van der Waals surface area (Å²) >= 11 is 0. The molecule has 0 bridgehead atoms. The highest BCUT2D eigenvalue weighted by molar-refractivity contribution is 5.38. The number of hydrogen-bond donors (Lipinski definition) is 1. The number of likely N-dealkylation sites (N-methyl/N-ethyl adjacent to an activating group) is 1. The molecule has 1 atom stereocenters. The Morgan fingerprint density at radius 1 is 1.35 bits per heavy atom. The molecule has 0 aliphatic carbocycles. The average molecular weight is 271 g/mol. The van der Waals surface area contributed by atoms with Crippen LogP contribution in [0.4, 0.5) is 5.69 Å². The largest absolute Gasteiger partial charge is 0.313 e. The smallest absolute Gasteiger partial charge is 0.290 e. The van der Waals surface area contributed by atoms with Crippen LogP contribution < -0.4 is 5.32 Å². The molecule has 20 heavy (non-hydrogen) atoms. The predicted octanol–water partition coefficient (Wildman–Crippen LogP) is 2.80. The van der Waals surface area contributed by atoms with Crippen LogP contribution in [0.25, 0.3) is 0 Å². The molecule has 5 nitrogen and oxygen atoms in total. The summed E-state index contributed by atoms with van der Waals surface area (Å²) in [6, 6.07) is 12.0. The number of nitro groups is 1. The van der Waals surface area contributed by atoms with E-state index in [0.717, 1.165) is 5.69 Å². The van der Waals surface area contributed by atoms with Gasteiger partial charge in [0, 0.05) is 23.7 Å². The molecule has 1 aromatic heterocycles. The number of benzene rings is 1. The zero-order valence-corrected chi connectivity index (χ0v) is 11.5. The van der Waals surface area contributed by atoms with E-state index in [4.69, 9.17) is 0 Å². The molecular weight excluding hydrogens is 254 g/mol. The maximum absolute atomic E-state index is 10.8. The number of nitrogens with zero attached hydrogens (tertiary/aromatic N) is 2. The van der Waals surface area contributed by atoms with Crippen LogP contribution in [0.2, 0.25) is 0 Å². The lowest BCUT2D eigenvalue weighted by Gasteiger charge is -2.16. The van der Waals surface area contributed by atoms with E-state index in [-0.39, 0.29) is 11.7 Å². The first-order valence-corrected chi connectivity index (χ1v) is 6.44. The Hall–Kier alpha value is -2.27. The molecular formula is C15H17N3O2. The highest BCUT2D eigenvalue weighted by Gasteiger charge is 2.15. The molecule has 0 radical (unpaired) electrons. The maximum Gasteiger partial charge on any atom is 0.290 e. The van der Waals surface area contributed by atoms with Crippen molar-refractivity contribution in [1.29, 1.82) is 0 Å². The quantitative estimate of drug-likeness (QED) is 0.670. The van der Waals surface area contributed by atoms with E-state index in [0.29, 0.717) is 12.0 Å². The van der Waals surface area contributed by atoms with Crippen molar-refractivity contribution < 1.29 is 4.92 Å². The lowest BCUT2D eigenvalue weighted by molar-refractivity contribution is -0.385. The van der Waals surface area contributed by atoms with Gasteiger partial charge in [0.05, 0.1) is 4.92 Å². The fraction of sp³-hybridized carbons (Fsp3) is 0.267. The summed E-state index contributed by atoms with van der Waals surface area (Å²) in [5.41, 5.74) is 2.72. The van der Waals surface area contributed by atoms with E-state index >= 15 is 0 Å². The zero-order valence-electron chi connectivity index (χ0n) is 11.5. The van der Waals surface area contributed by atoms with Gasteiger partial charge in [0.15, 0.2) is 0 Å². The topological polar surface area (TPSA) is 68.1 Å². The second-order valence-electron chi connectivity index (χ2n) is 4.68. The summed E-state index contributed by atoms with van der Waals surface area (Å²) in [6.45, 7) is 1.74. The van der Waals surface area contributed by atoms with E-state index in [1.54, 1.807) is 13.0 Å². The normalized spacial score (nSPS) is 12.1. The number of rotatable bonds is 5. The molecule has 0 fully saturated rings. The fourth-order valence-corrected chi connectivity index (χ4v) is 2.19. The van der Waals surface area contributed by atoms with E-state index in [9.17, 15) is 10.1 Å². The number of hydrogen-bond acceptors (Lipinski definition) is 4. The molecule has 1 aromatic carbocycles. The first-order valence-electron chi connectivity index (χ1n) is 6.44. The molecule has 0 amide bonds. The highest BCUT2D eigenvalue weighted by Crippen LogP contribution is 2.21. The van der Waals surface area contributed by atoms with Gasteiger partial charge in [0.25, 0.3) is 5.69 Å². The zero-order chi connectivity index (χ0) is 14.5. The lowest BCUT2D eigenvalue weighted by Crippen LogP contribution is -2.19. The standard InChI is InChI=1S/C15H17N3O2/c1-11-8-13(17-10-15(11)18(19)20)9-14(16-2)12-6-4-3-5-7-12/h3-8,10,14,16H,9H2,1-2H3. The molecule has 104 valence electrons. The molecule has 0 aliphatic heterocycles. The van der Waals surface area contributed by atoms with Crippen molar-refractivity contribution in [3.63, 3.8) is 0 Å². The van der Waals surface area contributed by atoms with Gasteiger partial charge in [-0.05, 0) is 25.6 Å². The minimum atomic E-state index is -0.404. The number of nitrogens with one attached hydrogen (secondary N) is 1. The molecule has 1 heterocycles. The molecule has 0 aliphatic rings. The van der Waals surface area contributed by atoms with E-state index < -0.39 is 4.92 Å². The van der Waals surface area contributed by atoms with Gasteiger partial charge in [-0.2, -0.15) is 0 Å². The number of aryl methyl sites for hydroxylation is 1. The second kappa shape index (κ2) is 6.25. The van der Waals surface area contributed by atoms with Gasteiger partial charge in [-0.25, -0.2) is 0 Å². The average Bonchev–Trinajstić information content (AvgIpc) is 2.45. The third kappa shape index (κ3) is 3.19. The van der Waals surface area contributed by atoms with Crippen molar-refractivity contribution in [3.05, 3.63) is 69.5 Å². The summed E-state index contributed by atoms with van der Waals surface area (Å²) < 4.78 is 0. The Morgan fingerprint density at radius 2 is 2.05 bits per heavy atom. The second-order valence-corrected chi connectivity index (χ2v) is 4.68. The number of pyridine rings is 1. The van der Waals surface area contributed by atoms with E-state index in [1.807, 2.05) is 25.2 Å². The molecule has 0 saturated heterocycles. The van der Waals surface area contributed by atoms with Crippen LogP contribution in [-0.4, -0.2) is 17.0 Å². The van der Waals surface area contributed by atoms with Gasteiger partial charge in [0.2, 0.25) is 0 Å². The molecule has 0 spiro atoms. The van der Waals surface area contributed by atoms with Crippen molar-refractivity contribution >= 4 is 5.69 Å². The molecule has 0 saturated carbocycles. The summed E-state index contributed by atoms with van der Waals surface area (Å²) in [4.78, 5) is 14.6. The van der Waals surface area contributed by atoms with Gasteiger partial charge in [0.1, 0.15) is 6.20 Å². The maximum atomic E-state index is 10.8. The Bertz CT molecular complexity index is 599. The van der Waals surface area contributed by atoms with E-state index in [2.05, 4.69) is 22.4 Å². The van der Waals surface area contributed by atoms with Crippen LogP contribution in [0.3, 0.4) is 0 Å². The molecule has 5 heteroatoms. The Kier molecular flexibility index (Phi) is 4.42. The summed E-state index contributed by atoms with van der Waals surface area (Å²) in [5.74, 6) is 0. The number of aromatic nitrogens is 1. The van der Waals surface area contributed by atoms with Gasteiger partial charge in [-0.1, -0.05) is 30.3 Å². The third-order valence-corrected chi connectivity index (χ3v) is 3.30. The summed E-state index contributed by atoms with van der Waals surface area (Å²) in [5, 5.41) is 14.0. The lowest BCUT2D eigenvalue weighted by atomic mass is 10.0. The molecule has 2 rings (SSSR count). The third-order valence-electron chi connectivity index (χ3n) is 3.30. The first-order chi connectivity index (χ1) is 9.61. The van der Waals surface area contributed by atoms with Crippen molar-refractivity contribution in [1.82, 2.24) is 10.3 Å². The van der Waals surface area contributed by atoms with Crippen LogP contribution in [0, 0.1) is 17.0 Å². The minimum Gasteiger partial charge on any atom is -0.313 e. The predicted molar refractivity (Wildman–Crippen MR) is 77.6 cm³/mol. The van der Waals surface area contributed by atoms with Gasteiger partial charge in [-0.15, -0.1) is 0 Å². The van der Waals surface area contributed by atoms with Crippen LogP contribution in [0.1, 0.15) is 22.9 Å². The SMILES string of the molecule is CNC(Cc1cc(C)c([N+](=O)[O-])cn1)c1ccccc1. The van der Waals surface area contributed by atoms with Crippen LogP contribution in [-0.2, 0) is 6.42 Å². The molecule has 2 aromatic rings. The van der Waals surface area contributed by atoms with Crippen molar-refractivity contribution in [2.75, 3.05) is 7.05 Å². The Labute approximate surface area is 117 Å². The van der Waals surface area contributed by atoms with Crippen LogP contribution in [0.15, 0.2) is 42.6 Å². The van der Waals surface area contributed by atoms with Crippen molar-refractivity contribution in [2.24, 2.45) is 0 Å². The van der Waals surface area contributed by atoms with Crippen LogP contribution >= 0.6 is 0 Å². The van der Waals surface area contributed by atoms with E-state index in [1.165, 1.54) is 11.8 Å². The fourth-order valence-electron chi connectivity index (χ4n) is 2.19. The summed E-state index contributed by atoms with van der Waals surface area (Å²) in [6.07, 6.45) is 2.03. The van der Waals surface area contributed by atoms with Crippen molar-refractivity contribution in [2.45, 2.75) is 19.4 Å². The Morgan fingerprint density at radius 3 is 2.60 bits per heavy atom. The molecule has 1 N–H and O–H groups in total. The van der Waals surface area contributed by atoms with Crippen molar-refractivity contribution in [3.8, 4) is 0 Å².